The van der Waals surface area contributed by atoms with E-state index in [1.54, 1.807) is 0 Å². The topological polar surface area (TPSA) is 9.86 Å². The van der Waals surface area contributed by atoms with Crippen molar-refractivity contribution in [1.29, 1.82) is 0 Å². The fourth-order valence-electron chi connectivity index (χ4n) is 6.61. The van der Waals surface area contributed by atoms with Gasteiger partial charge >= 0.3 is 0 Å². The van der Waals surface area contributed by atoms with Gasteiger partial charge < -0.3 is 9.13 Å². The average Bonchev–Trinajstić information content (AvgIpc) is 3.62. The highest BCUT2D eigenvalue weighted by Gasteiger charge is 2.15. The van der Waals surface area contributed by atoms with Crippen molar-refractivity contribution in [2.75, 3.05) is 0 Å². The quantitative estimate of drug-likeness (QED) is 0.213. The molecule has 2 aromatic heterocycles. The Labute approximate surface area is 243 Å². The van der Waals surface area contributed by atoms with Crippen molar-refractivity contribution < 1.29 is 0 Å². The van der Waals surface area contributed by atoms with E-state index >= 15 is 0 Å². The molecule has 0 atom stereocenters. The van der Waals surface area contributed by atoms with E-state index in [0.717, 1.165) is 0 Å². The highest BCUT2D eigenvalue weighted by atomic mass is 15.0. The lowest BCUT2D eigenvalue weighted by Gasteiger charge is -2.09. The maximum absolute atomic E-state index is 2.40. The maximum atomic E-state index is 2.40. The number of hydrogen-bond acceptors (Lipinski definition) is 0. The molecule has 0 radical (unpaired) electrons. The monoisotopic (exact) mass is 534 g/mol. The van der Waals surface area contributed by atoms with Crippen molar-refractivity contribution in [3.8, 4) is 22.5 Å². The number of hydrogen-bond donors (Lipinski definition) is 0. The summed E-state index contributed by atoms with van der Waals surface area (Å²) in [5, 5.41) is 8.81. The van der Waals surface area contributed by atoms with Gasteiger partial charge in [0.2, 0.25) is 0 Å². The second kappa shape index (κ2) is 8.95. The Morgan fingerprint density at radius 1 is 0.333 bits per heavy atom. The summed E-state index contributed by atoms with van der Waals surface area (Å²) < 4.78 is 4.68. The normalized spacial score (nSPS) is 11.8. The van der Waals surface area contributed by atoms with Crippen LogP contribution >= 0.6 is 0 Å². The Kier molecular flexibility index (Phi) is 4.93. The van der Waals surface area contributed by atoms with Crippen LogP contribution in [-0.2, 0) is 0 Å². The summed E-state index contributed by atoms with van der Waals surface area (Å²) in [6.45, 7) is 0. The van der Waals surface area contributed by atoms with Crippen LogP contribution in [0.3, 0.4) is 0 Å². The van der Waals surface area contributed by atoms with Crippen LogP contribution in [0.5, 0.6) is 0 Å². The van der Waals surface area contributed by atoms with Crippen LogP contribution in [0, 0.1) is 0 Å². The van der Waals surface area contributed by atoms with Crippen molar-refractivity contribution in [1.82, 2.24) is 9.13 Å². The molecule has 0 aliphatic carbocycles. The summed E-state index contributed by atoms with van der Waals surface area (Å²) in [7, 11) is 0. The highest BCUT2D eigenvalue weighted by molar-refractivity contribution is 6.14. The number of benzene rings is 7. The van der Waals surface area contributed by atoms with Crippen LogP contribution in [0.25, 0.3) is 76.8 Å². The standard InChI is InChI=1S/C40H26N2/c1-2-12-34(13-3-1)42-39-19-16-32(25-36(39)37-24-29-10-6-7-11-30(29)26-40(37)42)31-15-18-38-33(22-31)20-21-41(38)35-17-14-27-8-4-5-9-28(27)23-35/h1-26H. The van der Waals surface area contributed by atoms with Crippen molar-refractivity contribution in [3.05, 3.63) is 158 Å². The van der Waals surface area contributed by atoms with Gasteiger partial charge in [-0.3, -0.25) is 0 Å². The van der Waals surface area contributed by atoms with Crippen LogP contribution < -0.4 is 0 Å². The fourth-order valence-corrected chi connectivity index (χ4v) is 6.61. The SMILES string of the molecule is c1ccc(-n2c3ccc(-c4ccc5c(ccn5-c5ccc6ccccc6c5)c4)cc3c3cc4ccccc4cc32)cc1. The lowest BCUT2D eigenvalue weighted by molar-refractivity contribution is 1.13. The van der Waals surface area contributed by atoms with E-state index < -0.39 is 0 Å². The molecule has 0 saturated heterocycles. The number of aromatic nitrogens is 2. The summed E-state index contributed by atoms with van der Waals surface area (Å²) in [4.78, 5) is 0. The minimum Gasteiger partial charge on any atom is -0.317 e. The molecule has 2 nitrogen and oxygen atoms in total. The van der Waals surface area contributed by atoms with Crippen LogP contribution in [0.15, 0.2) is 158 Å². The van der Waals surface area contributed by atoms with Gasteiger partial charge in [0.05, 0.1) is 16.6 Å². The van der Waals surface area contributed by atoms with Gasteiger partial charge in [-0.2, -0.15) is 0 Å². The van der Waals surface area contributed by atoms with Crippen molar-refractivity contribution in [3.63, 3.8) is 0 Å². The molecule has 0 N–H and O–H groups in total. The van der Waals surface area contributed by atoms with Gasteiger partial charge in [-0.15, -0.1) is 0 Å². The van der Waals surface area contributed by atoms with E-state index in [-0.39, 0.29) is 0 Å². The first-order valence-corrected chi connectivity index (χ1v) is 14.4. The molecule has 0 bridgehead atoms. The molecule has 2 heteroatoms. The molecule has 9 aromatic rings. The van der Waals surface area contributed by atoms with Crippen LogP contribution in [0.1, 0.15) is 0 Å². The second-order valence-electron chi connectivity index (χ2n) is 11.1. The average molecular weight is 535 g/mol. The molecule has 0 amide bonds. The molecule has 42 heavy (non-hydrogen) atoms. The van der Waals surface area contributed by atoms with Crippen LogP contribution in [0.4, 0.5) is 0 Å². The molecule has 0 unspecified atom stereocenters. The van der Waals surface area contributed by atoms with Gasteiger partial charge in [0.25, 0.3) is 0 Å². The summed E-state index contributed by atoms with van der Waals surface area (Å²) in [5.41, 5.74) is 8.47. The second-order valence-corrected chi connectivity index (χ2v) is 11.1. The Morgan fingerprint density at radius 2 is 0.976 bits per heavy atom. The van der Waals surface area contributed by atoms with Crippen molar-refractivity contribution in [2.24, 2.45) is 0 Å². The summed E-state index contributed by atoms with van der Waals surface area (Å²) in [6.07, 6.45) is 2.18. The van der Waals surface area contributed by atoms with Crippen LogP contribution in [0.2, 0.25) is 0 Å². The maximum Gasteiger partial charge on any atom is 0.0547 e. The minimum atomic E-state index is 1.18. The predicted octanol–water partition coefficient (Wildman–Crippen LogP) is 10.7. The Bertz CT molecular complexity index is 2460. The number of fused-ring (bicyclic) bond motifs is 6. The first-order valence-electron chi connectivity index (χ1n) is 14.4. The van der Waals surface area contributed by atoms with Gasteiger partial charge in [-0.1, -0.05) is 84.9 Å². The third kappa shape index (κ3) is 3.52. The molecule has 0 saturated carbocycles. The zero-order chi connectivity index (χ0) is 27.6. The van der Waals surface area contributed by atoms with E-state index in [1.165, 1.54) is 76.8 Å². The molecule has 7 aromatic carbocycles. The fraction of sp³-hybridized carbons (Fsp3) is 0. The number of nitrogens with zero attached hydrogens (tertiary/aromatic N) is 2. The van der Waals surface area contributed by atoms with E-state index in [2.05, 4.69) is 167 Å². The van der Waals surface area contributed by atoms with Gasteiger partial charge in [0.15, 0.2) is 0 Å². The largest absolute Gasteiger partial charge is 0.317 e. The Balaban J connectivity index is 1.21. The number of rotatable bonds is 3. The summed E-state index contributed by atoms with van der Waals surface area (Å²) in [5.74, 6) is 0. The Hall–Kier alpha value is -5.60. The zero-order valence-corrected chi connectivity index (χ0v) is 22.9. The molecule has 9 rings (SSSR count). The predicted molar refractivity (Wildman–Crippen MR) is 178 cm³/mol. The molecular formula is C40H26N2. The molecule has 196 valence electrons. The van der Waals surface area contributed by atoms with Crippen LogP contribution in [-0.4, -0.2) is 9.13 Å². The number of para-hydroxylation sites is 1. The van der Waals surface area contributed by atoms with Gasteiger partial charge in [-0.05, 0) is 99.4 Å². The molecule has 0 spiro atoms. The zero-order valence-electron chi connectivity index (χ0n) is 22.9. The van der Waals surface area contributed by atoms with E-state index in [0.29, 0.717) is 0 Å². The molecular weight excluding hydrogens is 508 g/mol. The summed E-state index contributed by atoms with van der Waals surface area (Å²) >= 11 is 0. The first kappa shape index (κ1) is 23.1. The van der Waals surface area contributed by atoms with Gasteiger partial charge in [-0.25, -0.2) is 0 Å². The van der Waals surface area contributed by atoms with Gasteiger partial charge in [0, 0.05) is 33.7 Å². The van der Waals surface area contributed by atoms with Gasteiger partial charge in [0.1, 0.15) is 0 Å². The molecule has 0 fully saturated rings. The highest BCUT2D eigenvalue weighted by Crippen LogP contribution is 2.37. The minimum absolute atomic E-state index is 1.18. The molecule has 2 heterocycles. The molecule has 0 aliphatic heterocycles. The third-order valence-electron chi connectivity index (χ3n) is 8.68. The van der Waals surface area contributed by atoms with Crippen molar-refractivity contribution in [2.45, 2.75) is 0 Å². The smallest absolute Gasteiger partial charge is 0.0547 e. The van der Waals surface area contributed by atoms with E-state index in [9.17, 15) is 0 Å². The van der Waals surface area contributed by atoms with Crippen molar-refractivity contribution >= 4 is 54.3 Å². The molecule has 0 aliphatic rings. The van der Waals surface area contributed by atoms with E-state index in [1.807, 2.05) is 0 Å². The third-order valence-corrected chi connectivity index (χ3v) is 8.68. The van der Waals surface area contributed by atoms with E-state index in [4.69, 9.17) is 0 Å². The Morgan fingerprint density at radius 3 is 1.79 bits per heavy atom. The first-order chi connectivity index (χ1) is 20.8. The lowest BCUT2D eigenvalue weighted by Crippen LogP contribution is -1.93. The lowest BCUT2D eigenvalue weighted by atomic mass is 10.0. The summed E-state index contributed by atoms with van der Waals surface area (Å²) in [6, 6.07) is 55.2.